The van der Waals surface area contributed by atoms with Gasteiger partial charge in [0.15, 0.2) is 0 Å². The molecule has 0 aliphatic heterocycles. The zero-order valence-corrected chi connectivity index (χ0v) is 16.6. The van der Waals surface area contributed by atoms with Gasteiger partial charge in [-0.05, 0) is 31.4 Å². The standard InChI is InChI=1S/C19H29BrF2N2O/c1-2-3-4-5-9-14-24(18-11-10-16(21)15-17(18)22)19(25)23-13-8-6-7-12-20/h10-11,15H,2-9,12-14H2,1H3,(H,23,25). The number of amides is 2. The zero-order valence-electron chi connectivity index (χ0n) is 15.0. The third-order valence-electron chi connectivity index (χ3n) is 4.02. The first-order valence-corrected chi connectivity index (χ1v) is 10.3. The number of rotatable bonds is 12. The average Bonchev–Trinajstić information content (AvgIpc) is 2.59. The predicted octanol–water partition coefficient (Wildman–Crippen LogP) is 6.02. The van der Waals surface area contributed by atoms with Gasteiger partial charge in [0.2, 0.25) is 0 Å². The van der Waals surface area contributed by atoms with Crippen LogP contribution in [0.4, 0.5) is 19.3 Å². The molecule has 0 spiro atoms. The van der Waals surface area contributed by atoms with Gasteiger partial charge < -0.3 is 5.32 Å². The number of hydrogen-bond donors (Lipinski definition) is 1. The lowest BCUT2D eigenvalue weighted by Crippen LogP contribution is -2.41. The smallest absolute Gasteiger partial charge is 0.321 e. The van der Waals surface area contributed by atoms with Crippen molar-refractivity contribution in [3.05, 3.63) is 29.8 Å². The number of hydrogen-bond acceptors (Lipinski definition) is 1. The Hall–Kier alpha value is -1.17. The van der Waals surface area contributed by atoms with Crippen LogP contribution in [0.15, 0.2) is 18.2 Å². The average molecular weight is 419 g/mol. The van der Waals surface area contributed by atoms with Crippen molar-refractivity contribution in [2.45, 2.75) is 58.3 Å². The number of unbranched alkanes of at least 4 members (excludes halogenated alkanes) is 6. The van der Waals surface area contributed by atoms with Crippen LogP contribution in [0.2, 0.25) is 0 Å². The Labute approximate surface area is 158 Å². The number of urea groups is 1. The fraction of sp³-hybridized carbons (Fsp3) is 0.632. The molecule has 0 saturated heterocycles. The molecule has 0 aliphatic carbocycles. The van der Waals surface area contributed by atoms with Crippen molar-refractivity contribution in [2.75, 3.05) is 23.3 Å². The van der Waals surface area contributed by atoms with Crippen LogP contribution in [-0.2, 0) is 0 Å². The van der Waals surface area contributed by atoms with Gasteiger partial charge in [-0.15, -0.1) is 0 Å². The van der Waals surface area contributed by atoms with E-state index >= 15 is 0 Å². The van der Waals surface area contributed by atoms with E-state index in [1.807, 2.05) is 0 Å². The lowest BCUT2D eigenvalue weighted by Gasteiger charge is -2.24. The summed E-state index contributed by atoms with van der Waals surface area (Å²) in [6, 6.07) is 3.02. The Balaban J connectivity index is 2.64. The van der Waals surface area contributed by atoms with E-state index in [2.05, 4.69) is 28.2 Å². The van der Waals surface area contributed by atoms with Crippen molar-refractivity contribution in [1.29, 1.82) is 0 Å². The molecule has 0 fully saturated rings. The first kappa shape index (κ1) is 21.9. The molecule has 3 nitrogen and oxygen atoms in total. The van der Waals surface area contributed by atoms with Crippen LogP contribution >= 0.6 is 15.9 Å². The van der Waals surface area contributed by atoms with Gasteiger partial charge in [0.05, 0.1) is 5.69 Å². The molecule has 0 unspecified atom stereocenters. The van der Waals surface area contributed by atoms with Crippen LogP contribution in [0.1, 0.15) is 58.3 Å². The minimum Gasteiger partial charge on any atom is -0.338 e. The number of benzene rings is 1. The number of nitrogens with zero attached hydrogens (tertiary/aromatic N) is 1. The Bertz CT molecular complexity index is 514. The molecule has 0 aliphatic rings. The van der Waals surface area contributed by atoms with E-state index in [0.717, 1.165) is 62.8 Å². The van der Waals surface area contributed by atoms with E-state index in [4.69, 9.17) is 0 Å². The maximum absolute atomic E-state index is 14.1. The molecular weight excluding hydrogens is 390 g/mol. The quantitative estimate of drug-likeness (QED) is 0.326. The van der Waals surface area contributed by atoms with Crippen LogP contribution in [0.25, 0.3) is 0 Å². The van der Waals surface area contributed by atoms with Crippen LogP contribution in [-0.4, -0.2) is 24.5 Å². The largest absolute Gasteiger partial charge is 0.338 e. The monoisotopic (exact) mass is 418 g/mol. The molecule has 0 bridgehead atoms. The summed E-state index contributed by atoms with van der Waals surface area (Å²) in [6.07, 6.45) is 8.16. The predicted molar refractivity (Wildman–Crippen MR) is 104 cm³/mol. The van der Waals surface area contributed by atoms with E-state index < -0.39 is 11.6 Å². The lowest BCUT2D eigenvalue weighted by molar-refractivity contribution is 0.245. The molecule has 0 radical (unpaired) electrons. The second-order valence-electron chi connectivity index (χ2n) is 6.14. The summed E-state index contributed by atoms with van der Waals surface area (Å²) in [4.78, 5) is 13.9. The summed E-state index contributed by atoms with van der Waals surface area (Å²) in [5.41, 5.74) is 0.134. The van der Waals surface area contributed by atoms with Crippen LogP contribution in [0.3, 0.4) is 0 Å². The summed E-state index contributed by atoms with van der Waals surface area (Å²) < 4.78 is 27.3. The van der Waals surface area contributed by atoms with Crippen molar-refractivity contribution in [3.8, 4) is 0 Å². The highest BCUT2D eigenvalue weighted by atomic mass is 79.9. The number of halogens is 3. The van der Waals surface area contributed by atoms with Gasteiger partial charge in [0.1, 0.15) is 11.6 Å². The van der Waals surface area contributed by atoms with Gasteiger partial charge in [0, 0.05) is 24.5 Å². The molecular formula is C19H29BrF2N2O. The van der Waals surface area contributed by atoms with Gasteiger partial charge in [-0.3, -0.25) is 4.90 Å². The van der Waals surface area contributed by atoms with E-state index in [1.165, 1.54) is 17.0 Å². The number of alkyl halides is 1. The second-order valence-corrected chi connectivity index (χ2v) is 6.94. The number of carbonyl (C=O) groups excluding carboxylic acids is 1. The molecule has 0 heterocycles. The van der Waals surface area contributed by atoms with Crippen molar-refractivity contribution < 1.29 is 13.6 Å². The van der Waals surface area contributed by atoms with Crippen molar-refractivity contribution in [1.82, 2.24) is 5.32 Å². The molecule has 142 valence electrons. The number of carbonyl (C=O) groups is 1. The Kier molecular flexibility index (Phi) is 11.5. The molecule has 1 aromatic carbocycles. The molecule has 2 amide bonds. The third kappa shape index (κ3) is 8.66. The highest BCUT2D eigenvalue weighted by molar-refractivity contribution is 9.09. The topological polar surface area (TPSA) is 32.3 Å². The van der Waals surface area contributed by atoms with E-state index in [9.17, 15) is 13.6 Å². The molecule has 0 atom stereocenters. The first-order chi connectivity index (χ1) is 12.1. The normalized spacial score (nSPS) is 10.7. The third-order valence-corrected chi connectivity index (χ3v) is 4.58. The Morgan fingerprint density at radius 1 is 1.08 bits per heavy atom. The van der Waals surface area contributed by atoms with Gasteiger partial charge in [-0.1, -0.05) is 55.0 Å². The fourth-order valence-corrected chi connectivity index (χ4v) is 2.99. The van der Waals surface area contributed by atoms with E-state index in [-0.39, 0.29) is 11.7 Å². The summed E-state index contributed by atoms with van der Waals surface area (Å²) in [6.45, 7) is 3.13. The maximum atomic E-state index is 14.1. The molecule has 1 rings (SSSR count). The van der Waals surface area contributed by atoms with Gasteiger partial charge in [-0.25, -0.2) is 13.6 Å². The maximum Gasteiger partial charge on any atom is 0.321 e. The lowest BCUT2D eigenvalue weighted by atomic mass is 10.1. The van der Waals surface area contributed by atoms with Crippen LogP contribution < -0.4 is 10.2 Å². The molecule has 6 heteroatoms. The second kappa shape index (κ2) is 13.1. The molecule has 1 N–H and O–H groups in total. The van der Waals surface area contributed by atoms with Gasteiger partial charge in [0.25, 0.3) is 0 Å². The molecule has 0 saturated carbocycles. The SMILES string of the molecule is CCCCCCCN(C(=O)NCCCCCBr)c1ccc(F)cc1F. The first-order valence-electron chi connectivity index (χ1n) is 9.16. The minimum absolute atomic E-state index is 0.134. The zero-order chi connectivity index (χ0) is 18.5. The molecule has 25 heavy (non-hydrogen) atoms. The van der Waals surface area contributed by atoms with Crippen LogP contribution in [0, 0.1) is 11.6 Å². The fourth-order valence-electron chi connectivity index (χ4n) is 2.59. The molecule has 0 aromatic heterocycles. The van der Waals surface area contributed by atoms with E-state index in [1.54, 1.807) is 0 Å². The minimum atomic E-state index is -0.706. The Morgan fingerprint density at radius 2 is 1.80 bits per heavy atom. The Morgan fingerprint density at radius 3 is 2.48 bits per heavy atom. The van der Waals surface area contributed by atoms with E-state index in [0.29, 0.717) is 13.1 Å². The van der Waals surface area contributed by atoms with Crippen LogP contribution in [0.5, 0.6) is 0 Å². The summed E-state index contributed by atoms with van der Waals surface area (Å²) in [7, 11) is 0. The van der Waals surface area contributed by atoms with Gasteiger partial charge >= 0.3 is 6.03 Å². The van der Waals surface area contributed by atoms with Gasteiger partial charge in [-0.2, -0.15) is 0 Å². The van der Waals surface area contributed by atoms with Crippen molar-refractivity contribution in [2.24, 2.45) is 0 Å². The number of nitrogens with one attached hydrogen (secondary N) is 1. The van der Waals surface area contributed by atoms with Crippen molar-refractivity contribution >= 4 is 27.6 Å². The summed E-state index contributed by atoms with van der Waals surface area (Å²) >= 11 is 3.38. The van der Waals surface area contributed by atoms with Crippen molar-refractivity contribution in [3.63, 3.8) is 0 Å². The number of anilines is 1. The molecule has 1 aromatic rings. The highest BCUT2D eigenvalue weighted by Gasteiger charge is 2.19. The summed E-state index contributed by atoms with van der Waals surface area (Å²) in [5.74, 6) is -1.35. The highest BCUT2D eigenvalue weighted by Crippen LogP contribution is 2.21. The summed E-state index contributed by atoms with van der Waals surface area (Å²) in [5, 5.41) is 3.80.